The molecule has 0 aromatic carbocycles. The van der Waals surface area contributed by atoms with Gasteiger partial charge in [0.2, 0.25) is 11.8 Å². The van der Waals surface area contributed by atoms with Gasteiger partial charge in [0.25, 0.3) is 0 Å². The monoisotopic (exact) mass is 292 g/mol. The smallest absolute Gasteiger partial charge is 0.227 e. The third kappa shape index (κ3) is 3.24. The van der Waals surface area contributed by atoms with E-state index in [1.807, 2.05) is 9.80 Å². The van der Waals surface area contributed by atoms with E-state index in [1.165, 1.54) is 19.3 Å². The van der Waals surface area contributed by atoms with E-state index in [1.54, 1.807) is 0 Å². The van der Waals surface area contributed by atoms with Crippen molar-refractivity contribution in [3.63, 3.8) is 0 Å². The first kappa shape index (κ1) is 14.9. The normalized spacial score (nSPS) is 29.2. The van der Waals surface area contributed by atoms with E-state index in [4.69, 9.17) is 0 Å². The van der Waals surface area contributed by atoms with E-state index in [-0.39, 0.29) is 17.7 Å². The average Bonchev–Trinajstić information content (AvgIpc) is 2.90. The van der Waals surface area contributed by atoms with Crippen LogP contribution in [0.2, 0.25) is 0 Å². The molecule has 0 N–H and O–H groups in total. The first-order valence-corrected chi connectivity index (χ1v) is 8.73. The summed E-state index contributed by atoms with van der Waals surface area (Å²) in [6, 6.07) is 0.408. The molecule has 0 radical (unpaired) electrons. The Kier molecular flexibility index (Phi) is 4.51. The maximum Gasteiger partial charge on any atom is 0.227 e. The topological polar surface area (TPSA) is 40.6 Å². The molecule has 2 saturated heterocycles. The summed E-state index contributed by atoms with van der Waals surface area (Å²) in [6.07, 6.45) is 8.70. The third-order valence-electron chi connectivity index (χ3n) is 5.62. The van der Waals surface area contributed by atoms with E-state index in [2.05, 4.69) is 6.92 Å². The molecule has 1 atom stereocenters. The lowest BCUT2D eigenvalue weighted by Gasteiger charge is -2.33. The van der Waals surface area contributed by atoms with Gasteiger partial charge in [0, 0.05) is 32.1 Å². The van der Waals surface area contributed by atoms with Crippen molar-refractivity contribution >= 4 is 11.8 Å². The van der Waals surface area contributed by atoms with Crippen LogP contribution in [0.3, 0.4) is 0 Å². The molecule has 0 aromatic rings. The molecule has 3 aliphatic rings. The Morgan fingerprint density at radius 1 is 1.05 bits per heavy atom. The van der Waals surface area contributed by atoms with Gasteiger partial charge in [-0.05, 0) is 31.6 Å². The highest BCUT2D eigenvalue weighted by Gasteiger charge is 2.40. The standard InChI is InChI=1S/C17H28N2O2/c1-13-7-9-18(10-8-13)17(21)14-11-16(20)19(12-14)15-5-3-2-4-6-15/h13-15H,2-12H2,1H3. The van der Waals surface area contributed by atoms with Crippen LogP contribution in [0.25, 0.3) is 0 Å². The minimum Gasteiger partial charge on any atom is -0.342 e. The van der Waals surface area contributed by atoms with Crippen LogP contribution in [0.5, 0.6) is 0 Å². The van der Waals surface area contributed by atoms with Crippen LogP contribution in [0.4, 0.5) is 0 Å². The summed E-state index contributed by atoms with van der Waals surface area (Å²) < 4.78 is 0. The van der Waals surface area contributed by atoms with Gasteiger partial charge in [-0.15, -0.1) is 0 Å². The summed E-state index contributed by atoms with van der Waals surface area (Å²) in [5.74, 6) is 1.10. The predicted molar refractivity (Wildman–Crippen MR) is 81.7 cm³/mol. The Balaban J connectivity index is 1.57. The number of carbonyl (C=O) groups excluding carboxylic acids is 2. The summed E-state index contributed by atoms with van der Waals surface area (Å²) in [6.45, 7) is 4.70. The summed E-state index contributed by atoms with van der Waals surface area (Å²) in [4.78, 5) is 28.9. The molecule has 4 heteroatoms. The number of amides is 2. The molecule has 0 aromatic heterocycles. The van der Waals surface area contributed by atoms with Gasteiger partial charge in [-0.25, -0.2) is 0 Å². The van der Waals surface area contributed by atoms with Crippen LogP contribution < -0.4 is 0 Å². The number of hydrogen-bond donors (Lipinski definition) is 0. The zero-order valence-corrected chi connectivity index (χ0v) is 13.2. The fourth-order valence-electron chi connectivity index (χ4n) is 4.13. The molecule has 1 aliphatic carbocycles. The number of hydrogen-bond acceptors (Lipinski definition) is 2. The molecule has 21 heavy (non-hydrogen) atoms. The molecule has 1 saturated carbocycles. The molecule has 3 fully saturated rings. The van der Waals surface area contributed by atoms with Gasteiger partial charge in [0.1, 0.15) is 0 Å². The van der Waals surface area contributed by atoms with Crippen LogP contribution in [0.15, 0.2) is 0 Å². The molecule has 2 aliphatic heterocycles. The van der Waals surface area contributed by atoms with Crippen molar-refractivity contribution in [1.29, 1.82) is 0 Å². The van der Waals surface area contributed by atoms with Crippen molar-refractivity contribution in [2.24, 2.45) is 11.8 Å². The van der Waals surface area contributed by atoms with Crippen molar-refractivity contribution in [3.05, 3.63) is 0 Å². The molecule has 2 amide bonds. The van der Waals surface area contributed by atoms with E-state index >= 15 is 0 Å². The van der Waals surface area contributed by atoms with Crippen molar-refractivity contribution in [2.75, 3.05) is 19.6 Å². The van der Waals surface area contributed by atoms with E-state index in [9.17, 15) is 9.59 Å². The molecular formula is C17H28N2O2. The summed E-state index contributed by atoms with van der Waals surface area (Å²) in [7, 11) is 0. The minimum absolute atomic E-state index is 0.0761. The largest absolute Gasteiger partial charge is 0.342 e. The number of piperidine rings is 1. The van der Waals surface area contributed by atoms with Crippen LogP contribution in [-0.2, 0) is 9.59 Å². The fraction of sp³-hybridized carbons (Fsp3) is 0.882. The zero-order chi connectivity index (χ0) is 14.8. The lowest BCUT2D eigenvalue weighted by molar-refractivity contribution is -0.137. The Morgan fingerprint density at radius 2 is 1.71 bits per heavy atom. The average molecular weight is 292 g/mol. The van der Waals surface area contributed by atoms with Gasteiger partial charge < -0.3 is 9.80 Å². The molecule has 2 heterocycles. The lowest BCUT2D eigenvalue weighted by atomic mass is 9.94. The number of nitrogens with zero attached hydrogens (tertiary/aromatic N) is 2. The van der Waals surface area contributed by atoms with E-state index in [0.717, 1.165) is 44.7 Å². The Morgan fingerprint density at radius 3 is 2.38 bits per heavy atom. The second kappa shape index (κ2) is 6.37. The predicted octanol–water partition coefficient (Wildman–Crippen LogP) is 2.43. The molecular weight excluding hydrogens is 264 g/mol. The second-order valence-electron chi connectivity index (χ2n) is 7.25. The quantitative estimate of drug-likeness (QED) is 0.784. The minimum atomic E-state index is -0.0761. The highest BCUT2D eigenvalue weighted by atomic mass is 16.2. The van der Waals surface area contributed by atoms with E-state index in [0.29, 0.717) is 19.0 Å². The molecule has 4 nitrogen and oxygen atoms in total. The van der Waals surface area contributed by atoms with Gasteiger partial charge in [-0.1, -0.05) is 26.2 Å². The van der Waals surface area contributed by atoms with Gasteiger partial charge >= 0.3 is 0 Å². The first-order valence-electron chi connectivity index (χ1n) is 8.73. The molecule has 0 bridgehead atoms. The van der Waals surface area contributed by atoms with Gasteiger partial charge in [-0.2, -0.15) is 0 Å². The maximum atomic E-state index is 12.6. The van der Waals surface area contributed by atoms with Crippen LogP contribution >= 0.6 is 0 Å². The highest BCUT2D eigenvalue weighted by molar-refractivity contribution is 5.89. The second-order valence-corrected chi connectivity index (χ2v) is 7.25. The summed E-state index contributed by atoms with van der Waals surface area (Å²) >= 11 is 0. The first-order chi connectivity index (χ1) is 10.1. The van der Waals surface area contributed by atoms with Crippen LogP contribution in [-0.4, -0.2) is 47.3 Å². The van der Waals surface area contributed by atoms with Gasteiger partial charge in [0.05, 0.1) is 5.92 Å². The van der Waals surface area contributed by atoms with Crippen molar-refractivity contribution in [1.82, 2.24) is 9.80 Å². The van der Waals surface area contributed by atoms with E-state index < -0.39 is 0 Å². The van der Waals surface area contributed by atoms with Gasteiger partial charge in [-0.3, -0.25) is 9.59 Å². The Hall–Kier alpha value is -1.06. The van der Waals surface area contributed by atoms with Crippen LogP contribution in [0.1, 0.15) is 58.3 Å². The Bertz CT molecular complexity index is 396. The fourth-order valence-corrected chi connectivity index (χ4v) is 4.13. The summed E-state index contributed by atoms with van der Waals surface area (Å²) in [5.41, 5.74) is 0. The molecule has 3 rings (SSSR count). The van der Waals surface area contributed by atoms with Crippen molar-refractivity contribution in [2.45, 2.75) is 64.3 Å². The Labute approximate surface area is 127 Å². The van der Waals surface area contributed by atoms with Crippen molar-refractivity contribution in [3.8, 4) is 0 Å². The highest BCUT2D eigenvalue weighted by Crippen LogP contribution is 2.30. The number of rotatable bonds is 2. The molecule has 1 unspecified atom stereocenters. The van der Waals surface area contributed by atoms with Crippen molar-refractivity contribution < 1.29 is 9.59 Å². The SMILES string of the molecule is CC1CCN(C(=O)C2CC(=O)N(C3CCCCC3)C2)CC1. The summed E-state index contributed by atoms with van der Waals surface area (Å²) in [5, 5.41) is 0. The lowest BCUT2D eigenvalue weighted by Crippen LogP contribution is -2.43. The maximum absolute atomic E-state index is 12.6. The number of likely N-dealkylation sites (tertiary alicyclic amines) is 2. The number of carbonyl (C=O) groups is 2. The molecule has 0 spiro atoms. The van der Waals surface area contributed by atoms with Crippen LogP contribution in [0, 0.1) is 11.8 Å². The molecule has 118 valence electrons. The zero-order valence-electron chi connectivity index (χ0n) is 13.2. The third-order valence-corrected chi connectivity index (χ3v) is 5.62. The van der Waals surface area contributed by atoms with Gasteiger partial charge in [0.15, 0.2) is 0 Å².